The van der Waals surface area contributed by atoms with Crippen molar-refractivity contribution >= 4 is 29.3 Å². The quantitative estimate of drug-likeness (QED) is 0.540. The van der Waals surface area contributed by atoms with Crippen LogP contribution in [0.3, 0.4) is 0 Å². The summed E-state index contributed by atoms with van der Waals surface area (Å²) in [4.78, 5) is 30.3. The molecule has 186 valence electrons. The molecule has 8 nitrogen and oxygen atoms in total. The van der Waals surface area contributed by atoms with Crippen LogP contribution < -0.4 is 20.3 Å². The molecule has 2 N–H and O–H groups in total. The molecule has 0 aromatic heterocycles. The first-order valence-electron chi connectivity index (χ1n) is 11.9. The Morgan fingerprint density at radius 2 is 1.83 bits per heavy atom. The first kappa shape index (κ1) is 24.9. The summed E-state index contributed by atoms with van der Waals surface area (Å²) in [6.07, 6.45) is 0. The number of carbonyl (C=O) groups is 2. The normalized spacial score (nSPS) is 18.7. The van der Waals surface area contributed by atoms with Crippen LogP contribution in [0.4, 0.5) is 10.5 Å². The Kier molecular flexibility index (Phi) is 8.15. The van der Waals surface area contributed by atoms with Gasteiger partial charge in [0.1, 0.15) is 5.75 Å². The maximum atomic E-state index is 13.1. The molecule has 0 radical (unpaired) electrons. The third-order valence-corrected chi connectivity index (χ3v) is 6.34. The molecular weight excluding hydrogens is 468 g/mol. The number of benzene rings is 2. The zero-order valence-corrected chi connectivity index (χ0v) is 20.8. The fourth-order valence-electron chi connectivity index (χ4n) is 4.49. The molecule has 2 aliphatic rings. The van der Waals surface area contributed by atoms with Crippen molar-refractivity contribution in [2.24, 2.45) is 0 Å². The van der Waals surface area contributed by atoms with Gasteiger partial charge in [-0.1, -0.05) is 35.9 Å². The molecule has 2 aromatic rings. The van der Waals surface area contributed by atoms with E-state index in [1.54, 1.807) is 6.92 Å². The Bertz CT molecular complexity index is 1100. The summed E-state index contributed by atoms with van der Waals surface area (Å²) in [6.45, 7) is 7.97. The summed E-state index contributed by atoms with van der Waals surface area (Å²) in [6, 6.07) is 14.2. The predicted octanol–water partition coefficient (Wildman–Crippen LogP) is 3.73. The minimum absolute atomic E-state index is 0.238. The Morgan fingerprint density at radius 1 is 1.06 bits per heavy atom. The standard InChI is InChI=1S/C26H31ClN4O4/c1-3-34-22-11-6-5-10-20(22)24-23(25(32)35-4-2)21(28-26(33)29-24)17-30-12-14-31(15-13-30)19-9-7-8-18(27)16-19/h5-11,16,24H,3-4,12-15,17H2,1-2H3,(H2,28,29,33)/t24-/m1/s1. The second-order valence-corrected chi connectivity index (χ2v) is 8.79. The van der Waals surface area contributed by atoms with Crippen LogP contribution >= 0.6 is 11.6 Å². The molecular formula is C26H31ClN4O4. The largest absolute Gasteiger partial charge is 0.494 e. The summed E-state index contributed by atoms with van der Waals surface area (Å²) in [5.41, 5.74) is 2.76. The van der Waals surface area contributed by atoms with Gasteiger partial charge in [0, 0.05) is 54.7 Å². The lowest BCUT2D eigenvalue weighted by molar-refractivity contribution is -0.139. The number of esters is 1. The molecule has 1 saturated heterocycles. The lowest BCUT2D eigenvalue weighted by atomic mass is 9.94. The molecule has 0 bridgehead atoms. The van der Waals surface area contributed by atoms with E-state index in [2.05, 4.69) is 26.5 Å². The molecule has 2 aliphatic heterocycles. The molecule has 0 unspecified atom stereocenters. The van der Waals surface area contributed by atoms with E-state index in [0.717, 1.165) is 37.4 Å². The van der Waals surface area contributed by atoms with E-state index in [1.807, 2.05) is 49.4 Å². The van der Waals surface area contributed by atoms with E-state index in [1.165, 1.54) is 0 Å². The van der Waals surface area contributed by atoms with Crippen molar-refractivity contribution in [3.63, 3.8) is 0 Å². The summed E-state index contributed by atoms with van der Waals surface area (Å²) in [5, 5.41) is 6.48. The fraction of sp³-hybridized carbons (Fsp3) is 0.385. The van der Waals surface area contributed by atoms with Gasteiger partial charge in [-0.3, -0.25) is 4.90 Å². The van der Waals surface area contributed by atoms with E-state index in [9.17, 15) is 9.59 Å². The number of amides is 2. The molecule has 9 heteroatoms. The highest BCUT2D eigenvalue weighted by molar-refractivity contribution is 6.30. The van der Waals surface area contributed by atoms with Crippen LogP contribution in [-0.2, 0) is 9.53 Å². The number of urea groups is 1. The Morgan fingerprint density at radius 3 is 2.54 bits per heavy atom. The van der Waals surface area contributed by atoms with E-state index in [-0.39, 0.29) is 12.6 Å². The highest BCUT2D eigenvalue weighted by Gasteiger charge is 2.36. The Balaban J connectivity index is 1.59. The number of anilines is 1. The average molecular weight is 499 g/mol. The lowest BCUT2D eigenvalue weighted by Crippen LogP contribution is -2.51. The Hall–Kier alpha value is -3.23. The van der Waals surface area contributed by atoms with Crippen LogP contribution in [0.1, 0.15) is 25.5 Å². The van der Waals surface area contributed by atoms with Crippen molar-refractivity contribution in [3.05, 3.63) is 70.4 Å². The summed E-state index contributed by atoms with van der Waals surface area (Å²) < 4.78 is 11.2. The molecule has 2 aromatic carbocycles. The van der Waals surface area contributed by atoms with Crippen molar-refractivity contribution in [3.8, 4) is 5.75 Å². The van der Waals surface area contributed by atoms with Crippen molar-refractivity contribution in [1.29, 1.82) is 0 Å². The molecule has 0 aliphatic carbocycles. The monoisotopic (exact) mass is 498 g/mol. The van der Waals surface area contributed by atoms with Crippen LogP contribution in [0, 0.1) is 0 Å². The number of ether oxygens (including phenoxy) is 2. The van der Waals surface area contributed by atoms with Crippen molar-refractivity contribution in [2.75, 3.05) is 50.8 Å². The van der Waals surface area contributed by atoms with Gasteiger partial charge >= 0.3 is 12.0 Å². The summed E-state index contributed by atoms with van der Waals surface area (Å²) in [5.74, 6) is 0.169. The number of hydrogen-bond donors (Lipinski definition) is 2. The Labute approximate surface area is 210 Å². The van der Waals surface area contributed by atoms with Gasteiger partial charge in [0.05, 0.1) is 24.8 Å². The molecule has 4 rings (SSSR count). The lowest BCUT2D eigenvalue weighted by Gasteiger charge is -2.38. The highest BCUT2D eigenvalue weighted by Crippen LogP contribution is 2.34. The van der Waals surface area contributed by atoms with E-state index >= 15 is 0 Å². The van der Waals surface area contributed by atoms with Gasteiger partial charge in [-0.25, -0.2) is 9.59 Å². The third-order valence-electron chi connectivity index (χ3n) is 6.11. The van der Waals surface area contributed by atoms with Gasteiger partial charge in [0.2, 0.25) is 0 Å². The number of para-hydroxylation sites is 1. The first-order valence-corrected chi connectivity index (χ1v) is 12.3. The van der Waals surface area contributed by atoms with Crippen LogP contribution in [0.25, 0.3) is 0 Å². The van der Waals surface area contributed by atoms with Crippen LogP contribution in [0.15, 0.2) is 59.8 Å². The molecule has 2 amide bonds. The second kappa shape index (κ2) is 11.5. The van der Waals surface area contributed by atoms with Gasteiger partial charge < -0.3 is 25.0 Å². The zero-order valence-electron chi connectivity index (χ0n) is 20.1. The van der Waals surface area contributed by atoms with Gasteiger partial charge in [-0.2, -0.15) is 0 Å². The van der Waals surface area contributed by atoms with Crippen molar-refractivity contribution < 1.29 is 19.1 Å². The number of rotatable bonds is 8. The number of piperazine rings is 1. The van der Waals surface area contributed by atoms with E-state index < -0.39 is 12.0 Å². The molecule has 1 fully saturated rings. The summed E-state index contributed by atoms with van der Waals surface area (Å²) in [7, 11) is 0. The van der Waals surface area contributed by atoms with Crippen LogP contribution in [0.5, 0.6) is 5.75 Å². The fourth-order valence-corrected chi connectivity index (χ4v) is 4.68. The maximum Gasteiger partial charge on any atom is 0.338 e. The van der Waals surface area contributed by atoms with E-state index in [0.29, 0.717) is 35.2 Å². The third kappa shape index (κ3) is 5.89. The topological polar surface area (TPSA) is 83.1 Å². The number of nitrogens with one attached hydrogen (secondary N) is 2. The number of nitrogens with zero attached hydrogens (tertiary/aromatic N) is 2. The highest BCUT2D eigenvalue weighted by atomic mass is 35.5. The van der Waals surface area contributed by atoms with Crippen molar-refractivity contribution in [2.45, 2.75) is 19.9 Å². The molecule has 2 heterocycles. The van der Waals surface area contributed by atoms with Gasteiger partial charge in [-0.15, -0.1) is 0 Å². The maximum absolute atomic E-state index is 13.1. The predicted molar refractivity (Wildman–Crippen MR) is 136 cm³/mol. The molecule has 0 saturated carbocycles. The minimum Gasteiger partial charge on any atom is -0.494 e. The molecule has 1 atom stereocenters. The van der Waals surface area contributed by atoms with Crippen molar-refractivity contribution in [1.82, 2.24) is 15.5 Å². The summed E-state index contributed by atoms with van der Waals surface area (Å²) >= 11 is 6.16. The molecule has 35 heavy (non-hydrogen) atoms. The first-order chi connectivity index (χ1) is 17.0. The number of carbonyl (C=O) groups excluding carboxylic acids is 2. The zero-order chi connectivity index (χ0) is 24.8. The minimum atomic E-state index is -0.673. The van der Waals surface area contributed by atoms with Gasteiger partial charge in [0.25, 0.3) is 0 Å². The second-order valence-electron chi connectivity index (χ2n) is 8.36. The van der Waals surface area contributed by atoms with Gasteiger partial charge in [0.15, 0.2) is 0 Å². The van der Waals surface area contributed by atoms with E-state index in [4.69, 9.17) is 21.1 Å². The van der Waals surface area contributed by atoms with Crippen LogP contribution in [-0.4, -0.2) is 62.8 Å². The number of hydrogen-bond acceptors (Lipinski definition) is 6. The molecule has 0 spiro atoms. The average Bonchev–Trinajstić information content (AvgIpc) is 2.85. The smallest absolute Gasteiger partial charge is 0.338 e. The SMILES string of the molecule is CCOC(=O)C1=C(CN2CCN(c3cccc(Cl)c3)CC2)NC(=O)N[C@@H]1c1ccccc1OCC. The van der Waals surface area contributed by atoms with Crippen LogP contribution in [0.2, 0.25) is 5.02 Å². The van der Waals surface area contributed by atoms with Gasteiger partial charge in [-0.05, 0) is 38.1 Å². The number of halogens is 1.